The van der Waals surface area contributed by atoms with Crippen molar-refractivity contribution in [2.24, 2.45) is 46.3 Å². The first-order valence-electron chi connectivity index (χ1n) is 12.6. The number of rotatable bonds is 5. The lowest BCUT2D eigenvalue weighted by atomic mass is 9.47. The highest BCUT2D eigenvalue weighted by Crippen LogP contribution is 2.67. The predicted molar refractivity (Wildman–Crippen MR) is 119 cm³/mol. The first-order valence-corrected chi connectivity index (χ1v) is 12.6. The van der Waals surface area contributed by atoms with Gasteiger partial charge < -0.3 is 5.11 Å². The molecule has 0 amide bonds. The summed E-state index contributed by atoms with van der Waals surface area (Å²) in [6.07, 6.45) is 17.2. The van der Waals surface area contributed by atoms with Gasteiger partial charge in [-0.2, -0.15) is 0 Å². The van der Waals surface area contributed by atoms with Crippen molar-refractivity contribution in [2.75, 3.05) is 0 Å². The molecule has 3 saturated carbocycles. The van der Waals surface area contributed by atoms with Gasteiger partial charge in [0.25, 0.3) is 0 Å². The Labute approximate surface area is 174 Å². The lowest BCUT2D eigenvalue weighted by Gasteiger charge is -2.58. The van der Waals surface area contributed by atoms with E-state index in [0.717, 1.165) is 48.3 Å². The summed E-state index contributed by atoms with van der Waals surface area (Å²) >= 11 is 0. The molecule has 4 aliphatic carbocycles. The van der Waals surface area contributed by atoms with Crippen LogP contribution in [0.5, 0.6) is 0 Å². The van der Waals surface area contributed by atoms with Gasteiger partial charge in [-0.05, 0) is 97.7 Å². The van der Waals surface area contributed by atoms with Crippen LogP contribution in [-0.4, -0.2) is 11.2 Å². The van der Waals surface area contributed by atoms with Crippen LogP contribution >= 0.6 is 0 Å². The largest absolute Gasteiger partial charge is 0.393 e. The highest BCUT2D eigenvalue weighted by Gasteiger charge is 2.59. The minimum atomic E-state index is -0.0766. The maximum absolute atomic E-state index is 10.2. The van der Waals surface area contributed by atoms with Crippen LogP contribution in [-0.2, 0) is 0 Å². The summed E-state index contributed by atoms with van der Waals surface area (Å²) in [5.74, 6) is 5.46. The van der Waals surface area contributed by atoms with Gasteiger partial charge in [-0.15, -0.1) is 0 Å². The molecule has 0 aliphatic heterocycles. The fourth-order valence-corrected chi connectivity index (χ4v) is 8.67. The molecular formula is C27H46O. The van der Waals surface area contributed by atoms with Gasteiger partial charge >= 0.3 is 0 Å². The van der Waals surface area contributed by atoms with Crippen molar-refractivity contribution in [2.45, 2.75) is 111 Å². The number of hydrogen-bond acceptors (Lipinski definition) is 1. The van der Waals surface area contributed by atoms with Crippen LogP contribution in [0.25, 0.3) is 0 Å². The van der Waals surface area contributed by atoms with Gasteiger partial charge in [0.2, 0.25) is 0 Å². The van der Waals surface area contributed by atoms with E-state index in [0.29, 0.717) is 10.8 Å². The third-order valence-corrected chi connectivity index (χ3v) is 10.3. The van der Waals surface area contributed by atoms with Crippen LogP contribution < -0.4 is 0 Å². The number of fused-ring (bicyclic) bond motifs is 5. The lowest BCUT2D eigenvalue weighted by molar-refractivity contribution is -0.0573. The zero-order valence-corrected chi connectivity index (χ0v) is 19.3. The first-order chi connectivity index (χ1) is 13.3. The van der Waals surface area contributed by atoms with Crippen molar-refractivity contribution >= 4 is 0 Å². The summed E-state index contributed by atoms with van der Waals surface area (Å²) < 4.78 is 0. The average Bonchev–Trinajstić information content (AvgIpc) is 2.99. The molecule has 1 heteroatoms. The Bertz CT molecular complexity index is 591. The summed E-state index contributed by atoms with van der Waals surface area (Å²) in [5, 5.41) is 10.2. The van der Waals surface area contributed by atoms with Crippen LogP contribution in [0.4, 0.5) is 0 Å². The van der Waals surface area contributed by atoms with Gasteiger partial charge in [-0.3, -0.25) is 0 Å². The van der Waals surface area contributed by atoms with E-state index in [-0.39, 0.29) is 6.10 Å². The van der Waals surface area contributed by atoms with E-state index in [1.807, 2.05) is 0 Å². The van der Waals surface area contributed by atoms with E-state index in [1.54, 1.807) is 5.57 Å². The molecule has 1 N–H and O–H groups in total. The average molecular weight is 387 g/mol. The highest BCUT2D eigenvalue weighted by molar-refractivity contribution is 5.25. The number of aliphatic hydroxyl groups excluding tert-OH is 1. The van der Waals surface area contributed by atoms with E-state index in [4.69, 9.17) is 0 Å². The first kappa shape index (κ1) is 21.0. The molecule has 0 aromatic heterocycles. The number of aliphatic hydroxyl groups is 1. The minimum absolute atomic E-state index is 0.0766. The third kappa shape index (κ3) is 3.42. The SMILES string of the molecule is CC(C)CCC[C@@H](C)C1CC[C@@H]2[C@@H]3CC=C4C[C@@H](O)CC[C@]4(C)C3CC[C@]12C. The fourth-order valence-electron chi connectivity index (χ4n) is 8.67. The smallest absolute Gasteiger partial charge is 0.0577 e. The molecule has 0 spiro atoms. The van der Waals surface area contributed by atoms with Gasteiger partial charge in [0.1, 0.15) is 0 Å². The molecular weight excluding hydrogens is 340 g/mol. The van der Waals surface area contributed by atoms with Gasteiger partial charge in [0, 0.05) is 0 Å². The quantitative estimate of drug-likeness (QED) is 0.488. The summed E-state index contributed by atoms with van der Waals surface area (Å²) in [6.45, 7) is 12.6. The Hall–Kier alpha value is -0.300. The van der Waals surface area contributed by atoms with Crippen molar-refractivity contribution in [3.05, 3.63) is 11.6 Å². The highest BCUT2D eigenvalue weighted by atomic mass is 16.3. The second-order valence-electron chi connectivity index (χ2n) is 12.2. The molecule has 0 aromatic carbocycles. The van der Waals surface area contributed by atoms with Crippen LogP contribution in [0, 0.1) is 46.3 Å². The van der Waals surface area contributed by atoms with Crippen molar-refractivity contribution in [3.8, 4) is 0 Å². The monoisotopic (exact) mass is 386 g/mol. The normalized spacial score (nSPS) is 46.5. The van der Waals surface area contributed by atoms with Gasteiger partial charge in [0.05, 0.1) is 6.10 Å². The molecule has 4 aliphatic rings. The second kappa shape index (κ2) is 7.75. The van der Waals surface area contributed by atoms with E-state index in [1.165, 1.54) is 57.8 Å². The van der Waals surface area contributed by atoms with Crippen molar-refractivity contribution < 1.29 is 5.11 Å². The second-order valence-corrected chi connectivity index (χ2v) is 12.2. The van der Waals surface area contributed by atoms with Crippen LogP contribution in [0.1, 0.15) is 105 Å². The molecule has 0 saturated heterocycles. The molecule has 0 bridgehead atoms. The fraction of sp³-hybridized carbons (Fsp3) is 0.926. The summed E-state index contributed by atoms with van der Waals surface area (Å²) in [7, 11) is 0. The Morgan fingerprint density at radius 1 is 1.00 bits per heavy atom. The van der Waals surface area contributed by atoms with E-state index >= 15 is 0 Å². The third-order valence-electron chi connectivity index (χ3n) is 10.3. The molecule has 4 rings (SSSR count). The molecule has 1 nitrogen and oxygen atoms in total. The van der Waals surface area contributed by atoms with Gasteiger partial charge in [-0.1, -0.05) is 65.5 Å². The molecule has 0 heterocycles. The molecule has 0 radical (unpaired) electrons. The molecule has 28 heavy (non-hydrogen) atoms. The van der Waals surface area contributed by atoms with Crippen LogP contribution in [0.15, 0.2) is 11.6 Å². The molecule has 0 aromatic rings. The Balaban J connectivity index is 1.49. The molecule has 2 unspecified atom stereocenters. The summed E-state index contributed by atoms with van der Waals surface area (Å²) in [5.41, 5.74) is 2.60. The van der Waals surface area contributed by atoms with Gasteiger partial charge in [0.15, 0.2) is 0 Å². The van der Waals surface area contributed by atoms with Crippen molar-refractivity contribution in [1.29, 1.82) is 0 Å². The van der Waals surface area contributed by atoms with Crippen LogP contribution in [0.3, 0.4) is 0 Å². The van der Waals surface area contributed by atoms with Crippen molar-refractivity contribution in [3.63, 3.8) is 0 Å². The molecule has 160 valence electrons. The maximum atomic E-state index is 10.2. The van der Waals surface area contributed by atoms with Gasteiger partial charge in [-0.25, -0.2) is 0 Å². The van der Waals surface area contributed by atoms with E-state index in [9.17, 15) is 5.11 Å². The minimum Gasteiger partial charge on any atom is -0.393 e. The lowest BCUT2D eigenvalue weighted by Crippen LogP contribution is -2.50. The Morgan fingerprint density at radius 3 is 2.54 bits per heavy atom. The van der Waals surface area contributed by atoms with E-state index in [2.05, 4.69) is 40.7 Å². The topological polar surface area (TPSA) is 20.2 Å². The number of hydrogen-bond donors (Lipinski definition) is 1. The Morgan fingerprint density at radius 2 is 1.79 bits per heavy atom. The zero-order valence-electron chi connectivity index (χ0n) is 19.3. The summed E-state index contributed by atoms with van der Waals surface area (Å²) in [6, 6.07) is 0. The molecule has 8 atom stereocenters. The Kier molecular flexibility index (Phi) is 5.80. The number of allylic oxidation sites excluding steroid dienone is 1. The summed E-state index contributed by atoms with van der Waals surface area (Å²) in [4.78, 5) is 0. The zero-order chi connectivity index (χ0) is 20.1. The standard InChI is InChI=1S/C27H46O/c1-18(2)7-6-8-19(3)23-11-12-24-22-10-9-20-17-21(28)13-15-26(20,4)25(22)14-16-27(23,24)5/h9,18-19,21-25,28H,6-8,10-17H2,1-5H3/t19-,21+,22+,23?,24-,25?,26+,27-/m1/s1. The van der Waals surface area contributed by atoms with Crippen molar-refractivity contribution in [1.82, 2.24) is 0 Å². The van der Waals surface area contributed by atoms with Crippen LogP contribution in [0.2, 0.25) is 0 Å². The van der Waals surface area contributed by atoms with E-state index < -0.39 is 0 Å². The maximum Gasteiger partial charge on any atom is 0.0577 e. The predicted octanol–water partition coefficient (Wildman–Crippen LogP) is 7.39. The molecule has 3 fully saturated rings.